The number of nitrogens with zero attached hydrogens (tertiary/aromatic N) is 6. The van der Waals surface area contributed by atoms with E-state index in [0.29, 0.717) is 32.0 Å². The second-order valence-corrected chi connectivity index (χ2v) is 8.07. The molecule has 1 amide bonds. The number of carbonyl (C=O) groups excluding carboxylic acids is 1. The molecule has 1 aromatic carbocycles. The molecule has 1 fully saturated rings. The average molecular weight is 447 g/mol. The van der Waals surface area contributed by atoms with E-state index < -0.39 is 0 Å². The van der Waals surface area contributed by atoms with Crippen LogP contribution in [0, 0.1) is 13.8 Å². The quantitative estimate of drug-likeness (QED) is 0.453. The number of morpholine rings is 1. The second kappa shape index (κ2) is 9.03. The third kappa shape index (κ3) is 4.31. The first kappa shape index (κ1) is 21.1. The molecule has 9 heteroatoms. The highest BCUT2D eigenvalue weighted by molar-refractivity contribution is 5.78. The molecule has 3 aromatic heterocycles. The number of hydrogen-bond acceptors (Lipinski definition) is 6. The van der Waals surface area contributed by atoms with Crippen molar-refractivity contribution in [3.8, 4) is 5.75 Å². The number of fused-ring (bicyclic) bond motifs is 1. The van der Waals surface area contributed by atoms with Crippen molar-refractivity contribution in [2.24, 2.45) is 0 Å². The zero-order valence-corrected chi connectivity index (χ0v) is 18.7. The van der Waals surface area contributed by atoms with Crippen LogP contribution >= 0.6 is 0 Å². The van der Waals surface area contributed by atoms with E-state index in [1.54, 1.807) is 17.3 Å². The van der Waals surface area contributed by atoms with E-state index in [9.17, 15) is 4.79 Å². The first-order chi connectivity index (χ1) is 16.1. The van der Waals surface area contributed by atoms with Crippen molar-refractivity contribution < 1.29 is 14.3 Å². The van der Waals surface area contributed by atoms with Gasteiger partial charge in [-0.15, -0.1) is 0 Å². The Morgan fingerprint density at radius 3 is 2.79 bits per heavy atom. The molecule has 0 bridgehead atoms. The summed E-state index contributed by atoms with van der Waals surface area (Å²) in [5, 5.41) is 4.76. The van der Waals surface area contributed by atoms with Crippen LogP contribution in [0.4, 0.5) is 0 Å². The minimum Gasteiger partial charge on any atom is -0.484 e. The molecule has 1 aliphatic heterocycles. The van der Waals surface area contributed by atoms with Crippen molar-refractivity contribution in [2.75, 3.05) is 26.3 Å². The summed E-state index contributed by atoms with van der Waals surface area (Å²) in [6.45, 7) is 6.02. The molecule has 0 unspecified atom stereocenters. The van der Waals surface area contributed by atoms with Crippen LogP contribution in [0.1, 0.15) is 28.9 Å². The highest BCUT2D eigenvalue weighted by Gasteiger charge is 2.28. The average Bonchev–Trinajstić information content (AvgIpc) is 3.40. The molecule has 170 valence electrons. The number of rotatable bonds is 6. The number of carbonyl (C=O) groups is 1. The van der Waals surface area contributed by atoms with Crippen LogP contribution in [0.2, 0.25) is 0 Å². The Hall–Kier alpha value is -3.72. The van der Waals surface area contributed by atoms with Crippen molar-refractivity contribution in [3.05, 3.63) is 77.8 Å². The van der Waals surface area contributed by atoms with E-state index in [-0.39, 0.29) is 18.6 Å². The van der Waals surface area contributed by atoms with Crippen LogP contribution in [-0.2, 0) is 16.1 Å². The van der Waals surface area contributed by atoms with Gasteiger partial charge in [-0.25, -0.2) is 14.5 Å². The minimum absolute atomic E-state index is 0.00221. The standard InChI is InChI=1S/C24H26N6O3/c1-17-20(14-28-11-10-25-18(28)2)24-26-9-8-21(30(24)27-17)22-15-29(12-13-32-22)23(31)16-33-19-6-4-3-5-7-19/h3-11,22H,12-16H2,1-2H3/t22-/m1/s1. The molecule has 4 heterocycles. The Morgan fingerprint density at radius 1 is 1.15 bits per heavy atom. The number of para-hydroxylation sites is 1. The van der Waals surface area contributed by atoms with Crippen molar-refractivity contribution >= 4 is 11.6 Å². The number of benzene rings is 1. The first-order valence-corrected chi connectivity index (χ1v) is 11.0. The van der Waals surface area contributed by atoms with Gasteiger partial charge in [0.25, 0.3) is 5.91 Å². The summed E-state index contributed by atoms with van der Waals surface area (Å²) < 4.78 is 15.6. The first-order valence-electron chi connectivity index (χ1n) is 11.0. The van der Waals surface area contributed by atoms with Crippen LogP contribution in [-0.4, -0.2) is 61.3 Å². The van der Waals surface area contributed by atoms with E-state index in [1.807, 2.05) is 61.0 Å². The number of hydrogen-bond donors (Lipinski definition) is 0. The van der Waals surface area contributed by atoms with E-state index in [1.165, 1.54) is 0 Å². The highest BCUT2D eigenvalue weighted by atomic mass is 16.5. The minimum atomic E-state index is -0.299. The normalized spacial score (nSPS) is 16.3. The third-order valence-corrected chi connectivity index (χ3v) is 5.95. The molecule has 0 aliphatic carbocycles. The molecule has 0 saturated carbocycles. The molecular formula is C24H26N6O3. The summed E-state index contributed by atoms with van der Waals surface area (Å²) in [7, 11) is 0. The summed E-state index contributed by atoms with van der Waals surface area (Å²) >= 11 is 0. The number of aryl methyl sites for hydroxylation is 2. The number of ether oxygens (including phenoxy) is 2. The zero-order chi connectivity index (χ0) is 22.8. The third-order valence-electron chi connectivity index (χ3n) is 5.95. The van der Waals surface area contributed by atoms with Gasteiger partial charge in [0.05, 0.1) is 31.1 Å². The molecule has 0 spiro atoms. The van der Waals surface area contributed by atoms with E-state index in [2.05, 4.69) is 14.5 Å². The summed E-state index contributed by atoms with van der Waals surface area (Å²) in [6.07, 6.45) is 5.22. The topological polar surface area (TPSA) is 86.8 Å². The number of imidazole rings is 1. The molecule has 4 aromatic rings. The zero-order valence-electron chi connectivity index (χ0n) is 18.7. The maximum atomic E-state index is 12.8. The van der Waals surface area contributed by atoms with Gasteiger partial charge >= 0.3 is 0 Å². The van der Waals surface area contributed by atoms with Gasteiger partial charge in [0.1, 0.15) is 17.7 Å². The molecule has 1 aliphatic rings. The predicted molar refractivity (Wildman–Crippen MR) is 121 cm³/mol. The SMILES string of the molecule is Cc1nn2c([C@H]3CN(C(=O)COc4ccccc4)CCO3)ccnc2c1Cn1ccnc1C. The molecule has 0 N–H and O–H groups in total. The molecule has 0 radical (unpaired) electrons. The lowest BCUT2D eigenvalue weighted by atomic mass is 10.2. The Morgan fingerprint density at radius 2 is 2.00 bits per heavy atom. The summed E-state index contributed by atoms with van der Waals surface area (Å²) in [4.78, 5) is 23.5. The smallest absolute Gasteiger partial charge is 0.260 e. The van der Waals surface area contributed by atoms with Gasteiger partial charge < -0.3 is 18.9 Å². The van der Waals surface area contributed by atoms with Gasteiger partial charge in [0, 0.05) is 30.7 Å². The Labute approximate surface area is 191 Å². The lowest BCUT2D eigenvalue weighted by molar-refractivity contribution is -0.141. The number of aromatic nitrogens is 5. The Bertz CT molecular complexity index is 1270. The molecule has 9 nitrogen and oxygen atoms in total. The van der Waals surface area contributed by atoms with E-state index >= 15 is 0 Å². The Kier molecular flexibility index (Phi) is 5.78. The van der Waals surface area contributed by atoms with E-state index in [4.69, 9.17) is 14.6 Å². The van der Waals surface area contributed by atoms with Gasteiger partial charge in [0.2, 0.25) is 0 Å². The van der Waals surface area contributed by atoms with Crippen LogP contribution in [0.25, 0.3) is 5.65 Å². The van der Waals surface area contributed by atoms with Crippen LogP contribution in [0.3, 0.4) is 0 Å². The highest BCUT2D eigenvalue weighted by Crippen LogP contribution is 2.25. The fourth-order valence-electron chi connectivity index (χ4n) is 4.09. The molecule has 5 rings (SSSR count). The summed E-state index contributed by atoms with van der Waals surface area (Å²) in [5.41, 5.74) is 3.61. The van der Waals surface area contributed by atoms with Crippen molar-refractivity contribution in [1.82, 2.24) is 29.0 Å². The summed E-state index contributed by atoms with van der Waals surface area (Å²) in [5.74, 6) is 1.55. The van der Waals surface area contributed by atoms with Crippen molar-refractivity contribution in [2.45, 2.75) is 26.5 Å². The molecular weight excluding hydrogens is 420 g/mol. The summed E-state index contributed by atoms with van der Waals surface area (Å²) in [6, 6.07) is 11.3. The van der Waals surface area contributed by atoms with Crippen LogP contribution in [0.15, 0.2) is 55.0 Å². The number of amides is 1. The Balaban J connectivity index is 1.35. The molecule has 1 atom stereocenters. The molecule has 1 saturated heterocycles. The lowest BCUT2D eigenvalue weighted by Crippen LogP contribution is -2.44. The van der Waals surface area contributed by atoms with Gasteiger partial charge in [-0.2, -0.15) is 5.10 Å². The van der Waals surface area contributed by atoms with Gasteiger partial charge in [0.15, 0.2) is 12.3 Å². The fraction of sp³-hybridized carbons (Fsp3) is 0.333. The largest absolute Gasteiger partial charge is 0.484 e. The van der Waals surface area contributed by atoms with Crippen LogP contribution < -0.4 is 4.74 Å². The van der Waals surface area contributed by atoms with Gasteiger partial charge in [-0.05, 0) is 32.0 Å². The van der Waals surface area contributed by atoms with E-state index in [0.717, 1.165) is 28.4 Å². The fourth-order valence-corrected chi connectivity index (χ4v) is 4.09. The maximum Gasteiger partial charge on any atom is 0.260 e. The second-order valence-electron chi connectivity index (χ2n) is 8.07. The lowest BCUT2D eigenvalue weighted by Gasteiger charge is -2.33. The maximum absolute atomic E-state index is 12.8. The van der Waals surface area contributed by atoms with Gasteiger partial charge in [-0.3, -0.25) is 4.79 Å². The predicted octanol–water partition coefficient (Wildman–Crippen LogP) is 2.57. The molecule has 33 heavy (non-hydrogen) atoms. The van der Waals surface area contributed by atoms with Gasteiger partial charge in [-0.1, -0.05) is 18.2 Å². The van der Waals surface area contributed by atoms with Crippen molar-refractivity contribution in [3.63, 3.8) is 0 Å². The monoisotopic (exact) mass is 446 g/mol. The van der Waals surface area contributed by atoms with Crippen LogP contribution in [0.5, 0.6) is 5.75 Å². The van der Waals surface area contributed by atoms with Crippen molar-refractivity contribution in [1.29, 1.82) is 0 Å².